The zero-order valence-electron chi connectivity index (χ0n) is 11.5. The number of likely N-dealkylation sites (N-methyl/N-ethyl adjacent to an activating group) is 1. The molecule has 16 heavy (non-hydrogen) atoms. The topological polar surface area (TPSA) is 53.6 Å². The van der Waals surface area contributed by atoms with Crippen LogP contribution in [-0.4, -0.2) is 43.6 Å². The molecule has 1 atom stereocenters. The molecule has 0 radical (unpaired) electrons. The van der Waals surface area contributed by atoms with Crippen molar-refractivity contribution in [1.82, 2.24) is 10.2 Å². The van der Waals surface area contributed by atoms with E-state index < -0.39 is 0 Å². The van der Waals surface area contributed by atoms with Crippen LogP contribution in [0.5, 0.6) is 0 Å². The van der Waals surface area contributed by atoms with Crippen molar-refractivity contribution in [3.63, 3.8) is 0 Å². The number of nitrogens with zero attached hydrogens (tertiary/aromatic N) is 2. The monoisotopic (exact) mass is 228 g/mol. The maximum absolute atomic E-state index is 5.74. The van der Waals surface area contributed by atoms with Crippen LogP contribution in [-0.2, 0) is 0 Å². The van der Waals surface area contributed by atoms with Crippen molar-refractivity contribution >= 4 is 5.96 Å². The molecule has 3 N–H and O–H groups in total. The molecule has 4 heteroatoms. The van der Waals surface area contributed by atoms with Gasteiger partial charge < -0.3 is 16.0 Å². The third-order valence-electron chi connectivity index (χ3n) is 2.74. The molecule has 0 spiro atoms. The van der Waals surface area contributed by atoms with Gasteiger partial charge in [0.15, 0.2) is 5.96 Å². The number of aliphatic imine (C=N–C) groups is 1. The summed E-state index contributed by atoms with van der Waals surface area (Å²) in [4.78, 5) is 6.57. The van der Waals surface area contributed by atoms with Crippen LogP contribution in [0.2, 0.25) is 0 Å². The van der Waals surface area contributed by atoms with Crippen LogP contribution in [0.3, 0.4) is 0 Å². The molecule has 0 aromatic heterocycles. The Labute approximate surface area is 100 Å². The molecular formula is C12H28N4. The highest BCUT2D eigenvalue weighted by Crippen LogP contribution is 1.98. The van der Waals surface area contributed by atoms with Gasteiger partial charge in [-0.15, -0.1) is 0 Å². The zero-order valence-corrected chi connectivity index (χ0v) is 11.5. The predicted octanol–water partition coefficient (Wildman–Crippen LogP) is 1.28. The van der Waals surface area contributed by atoms with Gasteiger partial charge in [-0.1, -0.05) is 20.8 Å². The number of hydrogen-bond acceptors (Lipinski definition) is 2. The van der Waals surface area contributed by atoms with Gasteiger partial charge in [0.05, 0.1) is 0 Å². The van der Waals surface area contributed by atoms with Crippen LogP contribution in [0.15, 0.2) is 4.99 Å². The molecule has 0 rings (SSSR count). The second-order valence-corrected chi connectivity index (χ2v) is 4.78. The summed E-state index contributed by atoms with van der Waals surface area (Å²) < 4.78 is 0. The largest absolute Gasteiger partial charge is 0.370 e. The SMILES string of the molecule is CCC(C)N(C)CCNC(N)=NCC(C)C. The van der Waals surface area contributed by atoms with E-state index >= 15 is 0 Å². The first kappa shape index (κ1) is 15.2. The van der Waals surface area contributed by atoms with Gasteiger partial charge in [0, 0.05) is 25.7 Å². The second kappa shape index (κ2) is 8.39. The molecule has 0 aromatic rings. The molecule has 0 aliphatic rings. The lowest BCUT2D eigenvalue weighted by atomic mass is 10.2. The number of nitrogens with two attached hydrogens (primary N) is 1. The lowest BCUT2D eigenvalue weighted by molar-refractivity contribution is 0.256. The molecule has 0 fully saturated rings. The Morgan fingerprint density at radius 1 is 1.38 bits per heavy atom. The minimum Gasteiger partial charge on any atom is -0.370 e. The predicted molar refractivity (Wildman–Crippen MR) is 71.7 cm³/mol. The van der Waals surface area contributed by atoms with Gasteiger partial charge in [-0.2, -0.15) is 0 Å². The van der Waals surface area contributed by atoms with Crippen molar-refractivity contribution < 1.29 is 0 Å². The summed E-state index contributed by atoms with van der Waals surface area (Å²) in [6.07, 6.45) is 1.17. The number of guanidine groups is 1. The highest BCUT2D eigenvalue weighted by molar-refractivity contribution is 5.77. The first-order valence-corrected chi connectivity index (χ1v) is 6.21. The molecule has 4 nitrogen and oxygen atoms in total. The van der Waals surface area contributed by atoms with Gasteiger partial charge >= 0.3 is 0 Å². The lowest BCUT2D eigenvalue weighted by Gasteiger charge is -2.23. The molecule has 0 saturated carbocycles. The van der Waals surface area contributed by atoms with E-state index in [2.05, 4.69) is 50.0 Å². The van der Waals surface area contributed by atoms with E-state index in [1.54, 1.807) is 0 Å². The van der Waals surface area contributed by atoms with Gasteiger partial charge in [0.1, 0.15) is 0 Å². The fraction of sp³-hybridized carbons (Fsp3) is 0.917. The molecule has 0 aliphatic carbocycles. The van der Waals surface area contributed by atoms with Crippen molar-refractivity contribution in [3.8, 4) is 0 Å². The highest BCUT2D eigenvalue weighted by atomic mass is 15.2. The summed E-state index contributed by atoms with van der Waals surface area (Å²) in [6, 6.07) is 0.621. The van der Waals surface area contributed by atoms with Crippen LogP contribution >= 0.6 is 0 Å². The van der Waals surface area contributed by atoms with Crippen molar-refractivity contribution in [1.29, 1.82) is 0 Å². The summed E-state index contributed by atoms with van der Waals surface area (Å²) in [5, 5.41) is 3.13. The number of hydrogen-bond donors (Lipinski definition) is 2. The maximum Gasteiger partial charge on any atom is 0.188 e. The molecule has 1 unspecified atom stereocenters. The second-order valence-electron chi connectivity index (χ2n) is 4.78. The Hall–Kier alpha value is -0.770. The van der Waals surface area contributed by atoms with Crippen LogP contribution < -0.4 is 11.1 Å². The average molecular weight is 228 g/mol. The molecule has 0 aliphatic heterocycles. The maximum atomic E-state index is 5.74. The third-order valence-corrected chi connectivity index (χ3v) is 2.74. The smallest absolute Gasteiger partial charge is 0.188 e. The Balaban J connectivity index is 3.68. The first-order valence-electron chi connectivity index (χ1n) is 6.21. The summed E-state index contributed by atoms with van der Waals surface area (Å²) in [5.74, 6) is 1.12. The zero-order chi connectivity index (χ0) is 12.6. The normalized spacial score (nSPS) is 14.6. The fourth-order valence-electron chi connectivity index (χ4n) is 1.23. The lowest BCUT2D eigenvalue weighted by Crippen LogP contribution is -2.40. The molecule has 0 heterocycles. The molecular weight excluding hydrogens is 200 g/mol. The minimum absolute atomic E-state index is 0.558. The molecule has 0 amide bonds. The molecule has 0 saturated heterocycles. The van der Waals surface area contributed by atoms with Crippen molar-refractivity contribution in [2.75, 3.05) is 26.7 Å². The van der Waals surface area contributed by atoms with Crippen molar-refractivity contribution in [2.45, 2.75) is 40.2 Å². The van der Waals surface area contributed by atoms with Crippen molar-refractivity contribution in [2.24, 2.45) is 16.6 Å². The van der Waals surface area contributed by atoms with E-state index in [-0.39, 0.29) is 0 Å². The quantitative estimate of drug-likeness (QED) is 0.510. The fourth-order valence-corrected chi connectivity index (χ4v) is 1.23. The van der Waals surface area contributed by atoms with Crippen LogP contribution in [0.4, 0.5) is 0 Å². The molecule has 0 aromatic carbocycles. The van der Waals surface area contributed by atoms with Gasteiger partial charge in [-0.3, -0.25) is 4.99 Å². The van der Waals surface area contributed by atoms with E-state index in [4.69, 9.17) is 5.73 Å². The number of nitrogens with one attached hydrogen (secondary N) is 1. The molecule has 96 valence electrons. The van der Waals surface area contributed by atoms with Gasteiger partial charge in [0.2, 0.25) is 0 Å². The minimum atomic E-state index is 0.558. The van der Waals surface area contributed by atoms with Crippen LogP contribution in [0.25, 0.3) is 0 Å². The highest BCUT2D eigenvalue weighted by Gasteiger charge is 2.05. The Bertz CT molecular complexity index is 201. The summed E-state index contributed by atoms with van der Waals surface area (Å²) >= 11 is 0. The standard InChI is InChI=1S/C12H28N4/c1-6-11(4)16(5)8-7-14-12(13)15-9-10(2)3/h10-11H,6-9H2,1-5H3,(H3,13,14,15). The van der Waals surface area contributed by atoms with E-state index in [1.165, 1.54) is 6.42 Å². The Morgan fingerprint density at radius 2 is 2.00 bits per heavy atom. The summed E-state index contributed by atoms with van der Waals surface area (Å²) in [7, 11) is 2.14. The van der Waals surface area contributed by atoms with E-state index in [0.717, 1.165) is 19.6 Å². The van der Waals surface area contributed by atoms with E-state index in [0.29, 0.717) is 17.9 Å². The van der Waals surface area contributed by atoms with Gasteiger partial charge in [0.25, 0.3) is 0 Å². The van der Waals surface area contributed by atoms with Crippen LogP contribution in [0, 0.1) is 5.92 Å². The Kier molecular flexibility index (Phi) is 7.99. The number of rotatable bonds is 7. The van der Waals surface area contributed by atoms with Gasteiger partial charge in [-0.05, 0) is 26.3 Å². The van der Waals surface area contributed by atoms with Crippen molar-refractivity contribution in [3.05, 3.63) is 0 Å². The first-order chi connectivity index (χ1) is 7.47. The van der Waals surface area contributed by atoms with E-state index in [1.807, 2.05) is 0 Å². The Morgan fingerprint density at radius 3 is 2.50 bits per heavy atom. The molecule has 0 bridgehead atoms. The van der Waals surface area contributed by atoms with E-state index in [9.17, 15) is 0 Å². The third kappa shape index (κ3) is 7.51. The summed E-state index contributed by atoms with van der Waals surface area (Å²) in [5.41, 5.74) is 5.74. The summed E-state index contributed by atoms with van der Waals surface area (Å²) in [6.45, 7) is 11.3. The van der Waals surface area contributed by atoms with Crippen LogP contribution in [0.1, 0.15) is 34.1 Å². The average Bonchev–Trinajstić information content (AvgIpc) is 2.24. The van der Waals surface area contributed by atoms with Gasteiger partial charge in [-0.25, -0.2) is 0 Å².